The average molecular weight is 175 g/mol. The summed E-state index contributed by atoms with van der Waals surface area (Å²) in [4.78, 5) is 12.5. The van der Waals surface area contributed by atoms with Crippen molar-refractivity contribution in [2.45, 2.75) is 33.8 Å². The molecule has 0 aromatic rings. The van der Waals surface area contributed by atoms with E-state index in [0.29, 0.717) is 13.0 Å². The van der Waals surface area contributed by atoms with Crippen LogP contribution in [0.4, 0.5) is 0 Å². The molecule has 0 heterocycles. The summed E-state index contributed by atoms with van der Waals surface area (Å²) in [6, 6.07) is 0. The van der Waals surface area contributed by atoms with Gasteiger partial charge in [0, 0.05) is 14.1 Å². The average Bonchev–Trinajstić information content (AvgIpc) is 1.86. The Morgan fingerprint density at radius 1 is 1.42 bits per heavy atom. The van der Waals surface area contributed by atoms with Crippen molar-refractivity contribution in [2.75, 3.05) is 20.7 Å². The fourth-order valence-corrected chi connectivity index (χ4v) is 0.606. The molecule has 0 aromatic carbocycles. The number of rotatable bonds is 4. The van der Waals surface area contributed by atoms with E-state index in [4.69, 9.17) is 4.74 Å². The van der Waals surface area contributed by atoms with Crippen molar-refractivity contribution in [3.63, 3.8) is 0 Å². The van der Waals surface area contributed by atoms with Crippen molar-refractivity contribution in [1.29, 1.82) is 0 Å². The highest BCUT2D eigenvalue weighted by atomic mass is 16.5. The van der Waals surface area contributed by atoms with Gasteiger partial charge in [0.2, 0.25) is 5.91 Å². The Labute approximate surface area is 75.7 Å². The van der Waals surface area contributed by atoms with Gasteiger partial charge in [0.1, 0.15) is 0 Å². The molecule has 0 unspecified atom stereocenters. The van der Waals surface area contributed by atoms with Crippen LogP contribution in [0, 0.1) is 0 Å². The van der Waals surface area contributed by atoms with E-state index in [9.17, 15) is 4.79 Å². The Morgan fingerprint density at radius 2 is 1.92 bits per heavy atom. The van der Waals surface area contributed by atoms with Gasteiger partial charge in [-0.15, -0.1) is 0 Å². The van der Waals surface area contributed by atoms with E-state index in [1.165, 1.54) is 0 Å². The summed E-state index contributed by atoms with van der Waals surface area (Å²) < 4.78 is 5.22. The third-order valence-electron chi connectivity index (χ3n) is 1.27. The van der Waals surface area contributed by atoms with Crippen LogP contribution in [0.15, 0.2) is 0 Å². The predicted octanol–water partition coefficient (Wildman–Crippen LogP) is 1.53. The van der Waals surface area contributed by atoms with Crippen LogP contribution in [0.2, 0.25) is 0 Å². The molecule has 0 radical (unpaired) electrons. The normalized spacial score (nSPS) is 9.42. The van der Waals surface area contributed by atoms with E-state index in [0.717, 1.165) is 0 Å². The number of carbonyl (C=O) groups is 1. The number of hydrogen-bond donors (Lipinski definition) is 0. The van der Waals surface area contributed by atoms with E-state index in [1.54, 1.807) is 19.0 Å². The maximum atomic E-state index is 11.0. The van der Waals surface area contributed by atoms with Crippen LogP contribution in [-0.2, 0) is 9.53 Å². The van der Waals surface area contributed by atoms with Gasteiger partial charge in [-0.25, -0.2) is 0 Å². The zero-order chi connectivity index (χ0) is 8.85. The lowest BCUT2D eigenvalue weighted by Crippen LogP contribution is -2.23. The van der Waals surface area contributed by atoms with Crippen LogP contribution in [0.25, 0.3) is 0 Å². The van der Waals surface area contributed by atoms with E-state index in [1.807, 2.05) is 13.8 Å². The highest BCUT2D eigenvalue weighted by Gasteiger charge is 2.03. The number of nitrogens with zero attached hydrogens (tertiary/aromatic N) is 1. The molecule has 3 heteroatoms. The lowest BCUT2D eigenvalue weighted by Gasteiger charge is -2.11. The molecule has 74 valence electrons. The number of carbonyl (C=O) groups excluding carboxylic acids is 1. The Bertz CT molecular complexity index is 122. The molecule has 0 fully saturated rings. The Hall–Kier alpha value is -0.570. The number of ether oxygens (including phenoxy) is 1. The van der Waals surface area contributed by atoms with Gasteiger partial charge in [-0.05, 0) is 13.8 Å². The third kappa shape index (κ3) is 7.54. The second-order valence-electron chi connectivity index (χ2n) is 2.96. The molecule has 0 spiro atoms. The highest BCUT2D eigenvalue weighted by Crippen LogP contribution is 1.92. The van der Waals surface area contributed by atoms with E-state index >= 15 is 0 Å². The van der Waals surface area contributed by atoms with E-state index < -0.39 is 0 Å². The standard InChI is InChI=1S/C8H17NO2.CH4/c1-7(2)11-6-5-8(10)9(3)4;/h7H,5-6H2,1-4H3;1H4. The lowest BCUT2D eigenvalue weighted by molar-refractivity contribution is -0.130. The van der Waals surface area contributed by atoms with E-state index in [2.05, 4.69) is 0 Å². The molecule has 0 atom stereocenters. The molecular formula is C9H21NO2. The maximum Gasteiger partial charge on any atom is 0.224 e. The fraction of sp³-hybridized carbons (Fsp3) is 0.889. The van der Waals surface area contributed by atoms with Crippen LogP contribution in [0.5, 0.6) is 0 Å². The Balaban J connectivity index is 0. The molecule has 0 rings (SSSR count). The van der Waals surface area contributed by atoms with Gasteiger partial charge in [-0.2, -0.15) is 0 Å². The Kier molecular flexibility index (Phi) is 8.27. The predicted molar refractivity (Wildman–Crippen MR) is 51.1 cm³/mol. The zero-order valence-corrected chi connectivity index (χ0v) is 7.76. The molecule has 0 saturated carbocycles. The molecule has 0 aliphatic carbocycles. The lowest BCUT2D eigenvalue weighted by atomic mass is 10.4. The van der Waals surface area contributed by atoms with Crippen molar-refractivity contribution in [3.05, 3.63) is 0 Å². The van der Waals surface area contributed by atoms with Crippen molar-refractivity contribution in [2.24, 2.45) is 0 Å². The summed E-state index contributed by atoms with van der Waals surface area (Å²) in [7, 11) is 3.50. The van der Waals surface area contributed by atoms with Gasteiger partial charge < -0.3 is 9.64 Å². The van der Waals surface area contributed by atoms with Crippen molar-refractivity contribution in [3.8, 4) is 0 Å². The first kappa shape index (κ1) is 14.0. The minimum atomic E-state index is 0. The van der Waals surface area contributed by atoms with Crippen LogP contribution >= 0.6 is 0 Å². The summed E-state index contributed by atoms with van der Waals surface area (Å²) in [6.45, 7) is 4.44. The SMILES string of the molecule is C.CC(C)OCCC(=O)N(C)C. The minimum Gasteiger partial charge on any atom is -0.378 e. The van der Waals surface area contributed by atoms with Crippen molar-refractivity contribution >= 4 is 5.91 Å². The van der Waals surface area contributed by atoms with Crippen molar-refractivity contribution < 1.29 is 9.53 Å². The van der Waals surface area contributed by atoms with Gasteiger partial charge in [-0.1, -0.05) is 7.43 Å². The van der Waals surface area contributed by atoms with Gasteiger partial charge >= 0.3 is 0 Å². The van der Waals surface area contributed by atoms with Gasteiger partial charge in [0.25, 0.3) is 0 Å². The molecule has 0 saturated heterocycles. The first-order chi connectivity index (χ1) is 5.04. The molecule has 0 N–H and O–H groups in total. The summed E-state index contributed by atoms with van der Waals surface area (Å²) in [5, 5.41) is 0. The maximum absolute atomic E-state index is 11.0. The van der Waals surface area contributed by atoms with Crippen LogP contribution in [0.3, 0.4) is 0 Å². The number of amides is 1. The van der Waals surface area contributed by atoms with Gasteiger partial charge in [0.15, 0.2) is 0 Å². The smallest absolute Gasteiger partial charge is 0.224 e. The van der Waals surface area contributed by atoms with E-state index in [-0.39, 0.29) is 19.4 Å². The molecular weight excluding hydrogens is 154 g/mol. The fourth-order valence-electron chi connectivity index (χ4n) is 0.606. The summed E-state index contributed by atoms with van der Waals surface area (Å²) in [5.74, 6) is 0.116. The molecule has 1 amide bonds. The zero-order valence-electron chi connectivity index (χ0n) is 7.76. The summed E-state index contributed by atoms with van der Waals surface area (Å²) in [5.41, 5.74) is 0. The first-order valence-electron chi connectivity index (χ1n) is 3.85. The van der Waals surface area contributed by atoms with Gasteiger partial charge in [-0.3, -0.25) is 4.79 Å². The molecule has 12 heavy (non-hydrogen) atoms. The van der Waals surface area contributed by atoms with Crippen LogP contribution in [-0.4, -0.2) is 37.6 Å². The molecule has 0 bridgehead atoms. The first-order valence-corrected chi connectivity index (χ1v) is 3.85. The highest BCUT2D eigenvalue weighted by molar-refractivity contribution is 5.75. The second kappa shape index (κ2) is 7.10. The summed E-state index contributed by atoms with van der Waals surface area (Å²) in [6.07, 6.45) is 0.690. The summed E-state index contributed by atoms with van der Waals surface area (Å²) >= 11 is 0. The largest absolute Gasteiger partial charge is 0.378 e. The van der Waals surface area contributed by atoms with Gasteiger partial charge in [0.05, 0.1) is 19.1 Å². The topological polar surface area (TPSA) is 29.5 Å². The second-order valence-corrected chi connectivity index (χ2v) is 2.96. The Morgan fingerprint density at radius 3 is 2.25 bits per heavy atom. The van der Waals surface area contributed by atoms with Crippen LogP contribution in [0.1, 0.15) is 27.7 Å². The number of hydrogen-bond acceptors (Lipinski definition) is 2. The minimum absolute atomic E-state index is 0. The molecule has 0 aromatic heterocycles. The third-order valence-corrected chi connectivity index (χ3v) is 1.27. The van der Waals surface area contributed by atoms with Crippen molar-refractivity contribution in [1.82, 2.24) is 4.90 Å². The molecule has 0 aliphatic heterocycles. The molecule has 0 aliphatic rings. The van der Waals surface area contributed by atoms with Crippen LogP contribution < -0.4 is 0 Å². The molecule has 3 nitrogen and oxygen atoms in total. The quantitative estimate of drug-likeness (QED) is 0.648. The monoisotopic (exact) mass is 175 g/mol.